The third kappa shape index (κ3) is 5.62. The van der Waals surface area contributed by atoms with Crippen LogP contribution in [0.1, 0.15) is 19.3 Å². The van der Waals surface area contributed by atoms with Crippen LogP contribution in [0, 0.1) is 0 Å². The van der Waals surface area contributed by atoms with Gasteiger partial charge < -0.3 is 5.32 Å². The van der Waals surface area contributed by atoms with Crippen LogP contribution in [0.15, 0.2) is 41.8 Å². The van der Waals surface area contributed by atoms with Crippen molar-refractivity contribution in [3.63, 3.8) is 0 Å². The SMILES string of the molecule is C=CCCCC(CSc1ccccc1Cl)NC. The smallest absolute Gasteiger partial charge is 0.0541 e. The van der Waals surface area contributed by atoms with Crippen LogP contribution in [0.5, 0.6) is 0 Å². The van der Waals surface area contributed by atoms with Crippen molar-refractivity contribution < 1.29 is 0 Å². The van der Waals surface area contributed by atoms with Gasteiger partial charge >= 0.3 is 0 Å². The first kappa shape index (κ1) is 14.6. The van der Waals surface area contributed by atoms with E-state index in [9.17, 15) is 0 Å². The average Bonchev–Trinajstić information content (AvgIpc) is 2.35. The lowest BCUT2D eigenvalue weighted by molar-refractivity contribution is 0.552. The molecule has 1 nitrogen and oxygen atoms in total. The number of thioether (sulfide) groups is 1. The maximum atomic E-state index is 6.12. The van der Waals surface area contributed by atoms with Gasteiger partial charge in [-0.3, -0.25) is 0 Å². The molecule has 94 valence electrons. The largest absolute Gasteiger partial charge is 0.316 e. The van der Waals surface area contributed by atoms with E-state index in [2.05, 4.69) is 18.0 Å². The number of nitrogens with one attached hydrogen (secondary N) is 1. The number of hydrogen-bond donors (Lipinski definition) is 1. The highest BCUT2D eigenvalue weighted by Gasteiger charge is 2.07. The van der Waals surface area contributed by atoms with Gasteiger partial charge in [0.25, 0.3) is 0 Å². The fraction of sp³-hybridized carbons (Fsp3) is 0.429. The first-order valence-electron chi connectivity index (χ1n) is 5.93. The minimum Gasteiger partial charge on any atom is -0.316 e. The van der Waals surface area contributed by atoms with Crippen molar-refractivity contribution in [1.82, 2.24) is 5.32 Å². The molecular formula is C14H20ClNS. The maximum absolute atomic E-state index is 6.12. The van der Waals surface area contributed by atoms with E-state index in [1.165, 1.54) is 12.8 Å². The fourth-order valence-corrected chi connectivity index (χ4v) is 2.97. The zero-order chi connectivity index (χ0) is 12.5. The maximum Gasteiger partial charge on any atom is 0.0541 e. The van der Waals surface area contributed by atoms with Crippen LogP contribution in [0.4, 0.5) is 0 Å². The molecule has 0 spiro atoms. The Labute approximate surface area is 114 Å². The number of benzene rings is 1. The van der Waals surface area contributed by atoms with Crippen LogP contribution in [0.3, 0.4) is 0 Å². The molecule has 0 heterocycles. The molecule has 1 unspecified atom stereocenters. The highest BCUT2D eigenvalue weighted by molar-refractivity contribution is 7.99. The second-order valence-electron chi connectivity index (χ2n) is 3.95. The standard InChI is InChI=1S/C14H20ClNS/c1-3-4-5-8-12(16-2)11-17-14-10-7-6-9-13(14)15/h3,6-7,9-10,12,16H,1,4-5,8,11H2,2H3. The predicted molar refractivity (Wildman–Crippen MR) is 79.1 cm³/mol. The summed E-state index contributed by atoms with van der Waals surface area (Å²) in [4.78, 5) is 1.16. The average molecular weight is 270 g/mol. The summed E-state index contributed by atoms with van der Waals surface area (Å²) in [6, 6.07) is 8.54. The van der Waals surface area contributed by atoms with E-state index >= 15 is 0 Å². The number of halogens is 1. The summed E-state index contributed by atoms with van der Waals surface area (Å²) in [5.41, 5.74) is 0. The molecule has 1 N–H and O–H groups in total. The summed E-state index contributed by atoms with van der Waals surface area (Å²) in [5, 5.41) is 4.20. The molecule has 0 radical (unpaired) electrons. The third-order valence-electron chi connectivity index (χ3n) is 2.65. The molecule has 1 aromatic carbocycles. The molecule has 1 rings (SSSR count). The molecule has 3 heteroatoms. The Kier molecular flexibility index (Phi) is 7.41. The number of hydrogen-bond acceptors (Lipinski definition) is 2. The fourth-order valence-electron chi connectivity index (χ4n) is 1.57. The minimum atomic E-state index is 0.538. The van der Waals surface area contributed by atoms with Crippen molar-refractivity contribution in [3.8, 4) is 0 Å². The third-order valence-corrected chi connectivity index (χ3v) is 4.32. The van der Waals surface area contributed by atoms with Crippen LogP contribution in [0.25, 0.3) is 0 Å². The van der Waals surface area contributed by atoms with Gasteiger partial charge in [0.05, 0.1) is 5.02 Å². The number of rotatable bonds is 8. The second-order valence-corrected chi connectivity index (χ2v) is 5.42. The molecule has 1 aromatic rings. The molecule has 0 aliphatic rings. The number of unbranched alkanes of at least 4 members (excludes halogenated alkanes) is 1. The summed E-state index contributed by atoms with van der Waals surface area (Å²) >= 11 is 7.94. The van der Waals surface area contributed by atoms with Crippen LogP contribution >= 0.6 is 23.4 Å². The van der Waals surface area contributed by atoms with Crippen LogP contribution in [0.2, 0.25) is 5.02 Å². The zero-order valence-electron chi connectivity index (χ0n) is 10.3. The van der Waals surface area contributed by atoms with Crippen LogP contribution in [-0.4, -0.2) is 18.8 Å². The van der Waals surface area contributed by atoms with E-state index in [1.807, 2.05) is 43.1 Å². The van der Waals surface area contributed by atoms with E-state index in [1.54, 1.807) is 0 Å². The van der Waals surface area contributed by atoms with Gasteiger partial charge in [0.1, 0.15) is 0 Å². The van der Waals surface area contributed by atoms with Gasteiger partial charge in [0.2, 0.25) is 0 Å². The molecule has 0 aliphatic carbocycles. The van der Waals surface area contributed by atoms with Crippen molar-refractivity contribution in [2.45, 2.75) is 30.2 Å². The van der Waals surface area contributed by atoms with Crippen molar-refractivity contribution in [2.24, 2.45) is 0 Å². The van der Waals surface area contributed by atoms with E-state index in [-0.39, 0.29) is 0 Å². The molecule has 0 bridgehead atoms. The molecule has 0 amide bonds. The lowest BCUT2D eigenvalue weighted by Gasteiger charge is -2.15. The van der Waals surface area contributed by atoms with Gasteiger partial charge in [-0.1, -0.05) is 29.8 Å². The van der Waals surface area contributed by atoms with Crippen LogP contribution < -0.4 is 5.32 Å². The summed E-state index contributed by atoms with van der Waals surface area (Å²) in [7, 11) is 2.02. The van der Waals surface area contributed by atoms with Crippen molar-refractivity contribution in [1.29, 1.82) is 0 Å². The van der Waals surface area contributed by atoms with E-state index in [0.717, 1.165) is 22.1 Å². The van der Waals surface area contributed by atoms with Gasteiger partial charge in [-0.25, -0.2) is 0 Å². The molecular weight excluding hydrogens is 250 g/mol. The topological polar surface area (TPSA) is 12.0 Å². The molecule has 0 aromatic heterocycles. The first-order chi connectivity index (χ1) is 8.27. The molecule has 0 fully saturated rings. The van der Waals surface area contributed by atoms with Gasteiger partial charge in [-0.15, -0.1) is 18.3 Å². The summed E-state index contributed by atoms with van der Waals surface area (Å²) in [5.74, 6) is 1.05. The van der Waals surface area contributed by atoms with Gasteiger partial charge in [-0.05, 0) is 38.4 Å². The Morgan fingerprint density at radius 1 is 1.47 bits per heavy atom. The molecule has 1 atom stereocenters. The van der Waals surface area contributed by atoms with Gasteiger partial charge in [-0.2, -0.15) is 0 Å². The predicted octanol–water partition coefficient (Wildman–Crippen LogP) is 4.38. The molecule has 17 heavy (non-hydrogen) atoms. The summed E-state index contributed by atoms with van der Waals surface area (Å²) < 4.78 is 0. The minimum absolute atomic E-state index is 0.538. The van der Waals surface area contributed by atoms with Crippen LogP contribution in [-0.2, 0) is 0 Å². The Bertz CT molecular complexity index is 341. The van der Waals surface area contributed by atoms with Crippen molar-refractivity contribution >= 4 is 23.4 Å². The van der Waals surface area contributed by atoms with E-state index < -0.39 is 0 Å². The molecule has 0 aliphatic heterocycles. The Morgan fingerprint density at radius 3 is 2.88 bits per heavy atom. The monoisotopic (exact) mass is 269 g/mol. The van der Waals surface area contributed by atoms with E-state index in [0.29, 0.717) is 6.04 Å². The number of allylic oxidation sites excluding steroid dienone is 1. The Balaban J connectivity index is 2.37. The van der Waals surface area contributed by atoms with Gasteiger partial charge in [0, 0.05) is 16.7 Å². The zero-order valence-corrected chi connectivity index (χ0v) is 11.9. The Morgan fingerprint density at radius 2 is 2.24 bits per heavy atom. The van der Waals surface area contributed by atoms with E-state index in [4.69, 9.17) is 11.6 Å². The Hall–Kier alpha value is -0.440. The molecule has 0 saturated carbocycles. The highest BCUT2D eigenvalue weighted by Crippen LogP contribution is 2.27. The second kappa shape index (κ2) is 8.62. The van der Waals surface area contributed by atoms with Crippen molar-refractivity contribution in [2.75, 3.05) is 12.8 Å². The lowest BCUT2D eigenvalue weighted by atomic mass is 10.1. The van der Waals surface area contributed by atoms with Gasteiger partial charge in [0.15, 0.2) is 0 Å². The first-order valence-corrected chi connectivity index (χ1v) is 7.29. The normalized spacial score (nSPS) is 12.4. The van der Waals surface area contributed by atoms with Crippen molar-refractivity contribution in [3.05, 3.63) is 41.9 Å². The quantitative estimate of drug-likeness (QED) is 0.427. The molecule has 0 saturated heterocycles. The highest BCUT2D eigenvalue weighted by atomic mass is 35.5. The summed E-state index contributed by atoms with van der Waals surface area (Å²) in [6.45, 7) is 3.75. The summed E-state index contributed by atoms with van der Waals surface area (Å²) in [6.07, 6.45) is 5.45. The lowest BCUT2D eigenvalue weighted by Crippen LogP contribution is -2.27.